The first-order valence-electron chi connectivity index (χ1n) is 3.63. The minimum absolute atomic E-state index is 0.441. The maximum Gasteiger partial charge on any atom is 0.320 e. The van der Waals surface area contributed by atoms with E-state index < -0.39 is 17.7 Å². The molecule has 0 aromatic carbocycles. The number of carboxylic acid groups (broad SMARTS) is 1. The zero-order valence-electron chi connectivity index (χ0n) is 6.76. The van der Waals surface area contributed by atoms with Crippen molar-refractivity contribution in [3.63, 3.8) is 0 Å². The van der Waals surface area contributed by atoms with Crippen LogP contribution in [0.5, 0.6) is 0 Å². The summed E-state index contributed by atoms with van der Waals surface area (Å²) in [5, 5.41) is 11.5. The van der Waals surface area contributed by atoms with Gasteiger partial charge in [0, 0.05) is 7.11 Å². The molecule has 1 aliphatic rings. The van der Waals surface area contributed by atoms with Crippen molar-refractivity contribution in [2.75, 3.05) is 7.11 Å². The molecule has 2 N–H and O–H groups in total. The van der Waals surface area contributed by atoms with Crippen LogP contribution in [-0.2, 0) is 9.53 Å². The van der Waals surface area contributed by atoms with Crippen LogP contribution in [0, 0.1) is 0 Å². The van der Waals surface area contributed by atoms with Gasteiger partial charge in [-0.15, -0.1) is 0 Å². The Balaban J connectivity index is 2.53. The summed E-state index contributed by atoms with van der Waals surface area (Å²) in [6.07, 6.45) is 1.39. The van der Waals surface area contributed by atoms with Crippen LogP contribution in [0.4, 0.5) is 0 Å². The Hall–Kier alpha value is -0.610. The van der Waals surface area contributed by atoms with Gasteiger partial charge in [0.05, 0.1) is 0 Å². The summed E-state index contributed by atoms with van der Waals surface area (Å²) < 4.78 is 5.10. The second-order valence-electron chi connectivity index (χ2n) is 3.01. The number of methoxy groups -OCH3 is 1. The Labute approximate surface area is 65.5 Å². The van der Waals surface area contributed by atoms with Gasteiger partial charge in [0.2, 0.25) is 0 Å². The fraction of sp³-hybridized carbons (Fsp3) is 0.857. The number of nitrogens with one attached hydrogen (secondary N) is 1. The van der Waals surface area contributed by atoms with Crippen molar-refractivity contribution in [3.05, 3.63) is 0 Å². The molecule has 0 radical (unpaired) electrons. The van der Waals surface area contributed by atoms with E-state index in [0.29, 0.717) is 6.42 Å². The van der Waals surface area contributed by atoms with Crippen molar-refractivity contribution in [2.45, 2.75) is 31.5 Å². The van der Waals surface area contributed by atoms with Gasteiger partial charge < -0.3 is 9.84 Å². The van der Waals surface area contributed by atoms with Gasteiger partial charge in [-0.05, 0) is 19.8 Å². The number of ether oxygens (including phenoxy) is 1. The molecule has 2 atom stereocenters. The van der Waals surface area contributed by atoms with E-state index in [0.717, 1.165) is 6.42 Å². The number of hydrogen-bond donors (Lipinski definition) is 2. The van der Waals surface area contributed by atoms with Crippen LogP contribution in [0.3, 0.4) is 0 Å². The minimum Gasteiger partial charge on any atom is -0.480 e. The summed E-state index contributed by atoms with van der Waals surface area (Å²) in [5.41, 5.74) is -0.441. The first kappa shape index (κ1) is 8.49. The van der Waals surface area contributed by atoms with E-state index in [1.807, 2.05) is 6.92 Å². The highest BCUT2D eigenvalue weighted by Crippen LogP contribution is 2.23. The monoisotopic (exact) mass is 159 g/mol. The van der Waals surface area contributed by atoms with E-state index >= 15 is 0 Å². The van der Waals surface area contributed by atoms with Crippen LogP contribution < -0.4 is 5.32 Å². The molecular weight excluding hydrogens is 146 g/mol. The number of rotatable bonds is 2. The van der Waals surface area contributed by atoms with Crippen LogP contribution in [0.2, 0.25) is 0 Å². The molecule has 0 aliphatic carbocycles. The Bertz CT molecular complexity index is 171. The van der Waals surface area contributed by atoms with Gasteiger partial charge in [-0.25, -0.2) is 0 Å². The summed E-state index contributed by atoms with van der Waals surface area (Å²) in [6.45, 7) is 1.86. The number of carbonyl (C=O) groups is 1. The van der Waals surface area contributed by atoms with Gasteiger partial charge in [0.1, 0.15) is 11.8 Å². The van der Waals surface area contributed by atoms with E-state index in [-0.39, 0.29) is 0 Å². The molecule has 1 heterocycles. The topological polar surface area (TPSA) is 58.6 Å². The first-order chi connectivity index (χ1) is 5.07. The average Bonchev–Trinajstić information content (AvgIpc) is 2.33. The van der Waals surface area contributed by atoms with Gasteiger partial charge in [-0.2, -0.15) is 0 Å². The van der Waals surface area contributed by atoms with E-state index in [2.05, 4.69) is 5.32 Å². The van der Waals surface area contributed by atoms with Gasteiger partial charge in [-0.1, -0.05) is 0 Å². The van der Waals surface area contributed by atoms with Crippen LogP contribution in [-0.4, -0.2) is 30.0 Å². The molecule has 1 unspecified atom stereocenters. The molecule has 64 valence electrons. The maximum absolute atomic E-state index is 10.5. The SMILES string of the molecule is CO[C@@]1(C)CCC(C(=O)O)N1. The summed E-state index contributed by atoms with van der Waals surface area (Å²) in [4.78, 5) is 10.5. The van der Waals surface area contributed by atoms with Crippen LogP contribution in [0.25, 0.3) is 0 Å². The predicted molar refractivity (Wildman–Crippen MR) is 39.2 cm³/mol. The second-order valence-corrected chi connectivity index (χ2v) is 3.01. The van der Waals surface area contributed by atoms with Crippen molar-refractivity contribution in [1.82, 2.24) is 5.32 Å². The quantitative estimate of drug-likeness (QED) is 0.603. The molecule has 1 saturated heterocycles. The Kier molecular flexibility index (Phi) is 2.15. The smallest absolute Gasteiger partial charge is 0.320 e. The molecule has 1 rings (SSSR count). The van der Waals surface area contributed by atoms with Crippen molar-refractivity contribution < 1.29 is 14.6 Å². The highest BCUT2D eigenvalue weighted by atomic mass is 16.5. The lowest BCUT2D eigenvalue weighted by Crippen LogP contribution is -2.44. The molecule has 0 saturated carbocycles. The molecule has 1 aliphatic heterocycles. The zero-order chi connectivity index (χ0) is 8.48. The van der Waals surface area contributed by atoms with Gasteiger partial charge in [0.15, 0.2) is 0 Å². The lowest BCUT2D eigenvalue weighted by molar-refractivity contribution is -0.140. The molecule has 4 nitrogen and oxygen atoms in total. The summed E-state index contributed by atoms with van der Waals surface area (Å²) in [7, 11) is 1.58. The molecule has 11 heavy (non-hydrogen) atoms. The lowest BCUT2D eigenvalue weighted by atomic mass is 10.2. The van der Waals surface area contributed by atoms with E-state index in [1.165, 1.54) is 0 Å². The molecule has 0 aromatic rings. The highest BCUT2D eigenvalue weighted by Gasteiger charge is 2.37. The molecular formula is C7H13NO3. The normalized spacial score (nSPS) is 37.5. The predicted octanol–water partition coefficient (Wildman–Crippen LogP) is 0.186. The third-order valence-corrected chi connectivity index (χ3v) is 2.14. The summed E-state index contributed by atoms with van der Waals surface area (Å²) in [6, 6.07) is -0.444. The maximum atomic E-state index is 10.5. The Morgan fingerprint density at radius 2 is 2.45 bits per heavy atom. The molecule has 0 bridgehead atoms. The van der Waals surface area contributed by atoms with Crippen LogP contribution in [0.15, 0.2) is 0 Å². The van der Waals surface area contributed by atoms with E-state index in [1.54, 1.807) is 7.11 Å². The van der Waals surface area contributed by atoms with Gasteiger partial charge in [-0.3, -0.25) is 10.1 Å². The molecule has 0 spiro atoms. The fourth-order valence-corrected chi connectivity index (χ4v) is 1.28. The van der Waals surface area contributed by atoms with Gasteiger partial charge >= 0.3 is 5.97 Å². The Morgan fingerprint density at radius 1 is 1.82 bits per heavy atom. The second kappa shape index (κ2) is 2.79. The van der Waals surface area contributed by atoms with Crippen molar-refractivity contribution in [2.24, 2.45) is 0 Å². The zero-order valence-corrected chi connectivity index (χ0v) is 6.76. The standard InChI is InChI=1S/C7H13NO3/c1-7(11-2)4-3-5(8-7)6(9)10/h5,8H,3-4H2,1-2H3,(H,9,10)/t5?,7-/m0/s1. The van der Waals surface area contributed by atoms with Crippen LogP contribution >= 0.6 is 0 Å². The number of aliphatic carboxylic acids is 1. The largest absolute Gasteiger partial charge is 0.480 e. The van der Waals surface area contributed by atoms with Crippen molar-refractivity contribution >= 4 is 5.97 Å². The van der Waals surface area contributed by atoms with Crippen molar-refractivity contribution in [3.8, 4) is 0 Å². The third kappa shape index (κ3) is 1.70. The molecule has 0 amide bonds. The van der Waals surface area contributed by atoms with E-state index in [4.69, 9.17) is 9.84 Å². The molecule has 4 heteroatoms. The van der Waals surface area contributed by atoms with Gasteiger partial charge in [0.25, 0.3) is 0 Å². The number of carboxylic acids is 1. The molecule has 0 aromatic heterocycles. The minimum atomic E-state index is -0.800. The summed E-state index contributed by atoms with van der Waals surface area (Å²) >= 11 is 0. The van der Waals surface area contributed by atoms with Crippen molar-refractivity contribution in [1.29, 1.82) is 0 Å². The Morgan fingerprint density at radius 3 is 2.73 bits per heavy atom. The average molecular weight is 159 g/mol. The summed E-state index contributed by atoms with van der Waals surface area (Å²) in [5.74, 6) is -0.800. The lowest BCUT2D eigenvalue weighted by Gasteiger charge is -2.22. The van der Waals surface area contributed by atoms with Crippen LogP contribution in [0.1, 0.15) is 19.8 Å². The molecule has 1 fully saturated rings. The highest BCUT2D eigenvalue weighted by molar-refractivity contribution is 5.73. The van der Waals surface area contributed by atoms with E-state index in [9.17, 15) is 4.79 Å². The number of hydrogen-bond acceptors (Lipinski definition) is 3. The third-order valence-electron chi connectivity index (χ3n) is 2.14. The fourth-order valence-electron chi connectivity index (χ4n) is 1.28. The first-order valence-corrected chi connectivity index (χ1v) is 3.63.